The van der Waals surface area contributed by atoms with Gasteiger partial charge in [-0.05, 0) is 48.9 Å². The van der Waals surface area contributed by atoms with Gasteiger partial charge in [0.1, 0.15) is 22.8 Å². The number of carbonyl (C=O) groups is 1. The molecule has 0 fully saturated rings. The number of hydrogen-bond donors (Lipinski definition) is 1. The van der Waals surface area contributed by atoms with Crippen molar-refractivity contribution >= 4 is 22.9 Å². The topological polar surface area (TPSA) is 102 Å². The Morgan fingerprint density at radius 1 is 1.16 bits per heavy atom. The lowest BCUT2D eigenvalue weighted by Gasteiger charge is -2.09. The third kappa shape index (κ3) is 3.87. The summed E-state index contributed by atoms with van der Waals surface area (Å²) in [7, 11) is 0. The Morgan fingerprint density at radius 3 is 2.53 bits per heavy atom. The SMILES string of the molecule is Cc1ccc(NC(=O)c2cnn3c(C(F)F)cc(-c4ccc(F)cc4)nc23)c([N+](=O)[O-])c1. The molecule has 162 valence electrons. The number of fused-ring (bicyclic) bond motifs is 1. The molecule has 2 heterocycles. The lowest BCUT2D eigenvalue weighted by Crippen LogP contribution is -2.14. The molecule has 0 spiro atoms. The molecule has 2 aromatic heterocycles. The maximum atomic E-state index is 13.7. The van der Waals surface area contributed by atoms with Gasteiger partial charge >= 0.3 is 0 Å². The van der Waals surface area contributed by atoms with Gasteiger partial charge in [-0.1, -0.05) is 6.07 Å². The second kappa shape index (κ2) is 8.10. The van der Waals surface area contributed by atoms with Gasteiger partial charge in [0.15, 0.2) is 5.65 Å². The van der Waals surface area contributed by atoms with Gasteiger partial charge in [0.25, 0.3) is 18.0 Å². The molecule has 0 bridgehead atoms. The second-order valence-corrected chi connectivity index (χ2v) is 6.90. The van der Waals surface area contributed by atoms with Gasteiger partial charge in [-0.25, -0.2) is 22.7 Å². The van der Waals surface area contributed by atoms with E-state index >= 15 is 0 Å². The number of halogens is 3. The van der Waals surface area contributed by atoms with Crippen LogP contribution in [0.4, 0.5) is 24.5 Å². The Labute approximate surface area is 178 Å². The molecule has 11 heteroatoms. The number of alkyl halides is 2. The van der Waals surface area contributed by atoms with Crippen molar-refractivity contribution in [3.63, 3.8) is 0 Å². The zero-order valence-electron chi connectivity index (χ0n) is 16.4. The molecule has 1 amide bonds. The first-order valence-electron chi connectivity index (χ1n) is 9.24. The Kier molecular flexibility index (Phi) is 5.31. The maximum absolute atomic E-state index is 13.7. The average molecular weight is 441 g/mol. The number of amides is 1. The minimum absolute atomic E-state index is 0.0614. The lowest BCUT2D eigenvalue weighted by molar-refractivity contribution is -0.384. The molecule has 32 heavy (non-hydrogen) atoms. The van der Waals surface area contributed by atoms with E-state index in [0.29, 0.717) is 11.1 Å². The molecule has 0 unspecified atom stereocenters. The zero-order valence-corrected chi connectivity index (χ0v) is 16.4. The third-order valence-corrected chi connectivity index (χ3v) is 4.71. The van der Waals surface area contributed by atoms with Crippen molar-refractivity contribution in [3.8, 4) is 11.3 Å². The average Bonchev–Trinajstić information content (AvgIpc) is 3.18. The summed E-state index contributed by atoms with van der Waals surface area (Å²) in [6, 6.07) is 10.4. The first-order chi connectivity index (χ1) is 15.2. The van der Waals surface area contributed by atoms with Gasteiger partial charge < -0.3 is 5.32 Å². The van der Waals surface area contributed by atoms with E-state index in [-0.39, 0.29) is 28.3 Å². The van der Waals surface area contributed by atoms with E-state index in [1.165, 1.54) is 24.3 Å². The van der Waals surface area contributed by atoms with Crippen LogP contribution in [0.1, 0.15) is 28.0 Å². The van der Waals surface area contributed by atoms with Gasteiger partial charge in [-0.3, -0.25) is 14.9 Å². The molecule has 4 rings (SSSR count). The van der Waals surface area contributed by atoms with Crippen LogP contribution in [-0.2, 0) is 0 Å². The first kappa shape index (κ1) is 21.0. The predicted molar refractivity (Wildman–Crippen MR) is 109 cm³/mol. The van der Waals surface area contributed by atoms with Crippen LogP contribution < -0.4 is 5.32 Å². The Bertz CT molecular complexity index is 1350. The molecule has 1 N–H and O–H groups in total. The number of carbonyl (C=O) groups excluding carboxylic acids is 1. The van der Waals surface area contributed by atoms with Gasteiger partial charge in [-0.2, -0.15) is 5.10 Å². The summed E-state index contributed by atoms with van der Waals surface area (Å²) in [5.74, 6) is -1.32. The van der Waals surface area contributed by atoms with Crippen molar-refractivity contribution in [2.75, 3.05) is 5.32 Å². The summed E-state index contributed by atoms with van der Waals surface area (Å²) in [4.78, 5) is 27.8. The highest BCUT2D eigenvalue weighted by Crippen LogP contribution is 2.29. The van der Waals surface area contributed by atoms with Gasteiger partial charge in [0.2, 0.25) is 0 Å². The minimum Gasteiger partial charge on any atom is -0.316 e. The molecular formula is C21H14F3N5O3. The van der Waals surface area contributed by atoms with E-state index in [9.17, 15) is 28.1 Å². The number of rotatable bonds is 5. The second-order valence-electron chi connectivity index (χ2n) is 6.90. The number of benzene rings is 2. The van der Waals surface area contributed by atoms with E-state index in [1.54, 1.807) is 13.0 Å². The smallest absolute Gasteiger partial charge is 0.293 e. The van der Waals surface area contributed by atoms with Gasteiger partial charge in [-0.15, -0.1) is 0 Å². The van der Waals surface area contributed by atoms with Gasteiger partial charge in [0.05, 0.1) is 16.8 Å². The van der Waals surface area contributed by atoms with E-state index in [1.807, 2.05) is 0 Å². The molecular weight excluding hydrogens is 427 g/mol. The van der Waals surface area contributed by atoms with Crippen LogP contribution in [0.2, 0.25) is 0 Å². The number of nitrogens with zero attached hydrogens (tertiary/aromatic N) is 4. The van der Waals surface area contributed by atoms with Crippen molar-refractivity contribution in [1.82, 2.24) is 14.6 Å². The molecule has 0 radical (unpaired) electrons. The number of aromatic nitrogens is 3. The lowest BCUT2D eigenvalue weighted by atomic mass is 10.1. The number of nitrogens with one attached hydrogen (secondary N) is 1. The molecule has 0 aliphatic rings. The Balaban J connectivity index is 1.81. The fraction of sp³-hybridized carbons (Fsp3) is 0.0952. The van der Waals surface area contributed by atoms with E-state index in [4.69, 9.17) is 0 Å². The highest BCUT2D eigenvalue weighted by atomic mass is 19.3. The van der Waals surface area contributed by atoms with Crippen molar-refractivity contribution in [2.24, 2.45) is 0 Å². The summed E-state index contributed by atoms with van der Waals surface area (Å²) in [6.45, 7) is 1.66. The maximum Gasteiger partial charge on any atom is 0.293 e. The minimum atomic E-state index is -2.94. The standard InChI is InChI=1S/C21H14F3N5O3/c1-11-2-7-15(17(8-11)29(31)32)27-21(30)14-10-25-28-18(19(23)24)9-16(26-20(14)28)12-3-5-13(22)6-4-12/h2-10,19H,1H3,(H,27,30). The summed E-state index contributed by atoms with van der Waals surface area (Å²) in [5, 5.41) is 17.6. The predicted octanol–water partition coefficient (Wildman–Crippen LogP) is 4.94. The molecule has 8 nitrogen and oxygen atoms in total. The highest BCUT2D eigenvalue weighted by molar-refractivity contribution is 6.09. The quantitative estimate of drug-likeness (QED) is 0.349. The fourth-order valence-corrected chi connectivity index (χ4v) is 3.16. The van der Waals surface area contributed by atoms with E-state index in [2.05, 4.69) is 15.4 Å². The van der Waals surface area contributed by atoms with Crippen LogP contribution in [0.15, 0.2) is 54.7 Å². The van der Waals surface area contributed by atoms with E-state index < -0.39 is 28.8 Å². The van der Waals surface area contributed by atoms with Crippen molar-refractivity contribution in [1.29, 1.82) is 0 Å². The molecule has 0 aliphatic carbocycles. The number of nitro groups is 1. The Hall–Kier alpha value is -4.28. The van der Waals surface area contributed by atoms with Crippen LogP contribution in [-0.4, -0.2) is 25.4 Å². The van der Waals surface area contributed by atoms with Gasteiger partial charge in [0, 0.05) is 11.6 Å². The summed E-state index contributed by atoms with van der Waals surface area (Å²) < 4.78 is 41.4. The molecule has 4 aromatic rings. The highest BCUT2D eigenvalue weighted by Gasteiger charge is 2.23. The van der Waals surface area contributed by atoms with Crippen LogP contribution in [0, 0.1) is 22.9 Å². The number of aryl methyl sites for hydroxylation is 1. The molecule has 0 atom stereocenters. The molecule has 2 aromatic carbocycles. The third-order valence-electron chi connectivity index (χ3n) is 4.71. The largest absolute Gasteiger partial charge is 0.316 e. The van der Waals surface area contributed by atoms with E-state index in [0.717, 1.165) is 28.9 Å². The van der Waals surface area contributed by atoms with Crippen molar-refractivity contribution in [3.05, 3.63) is 87.5 Å². The fourth-order valence-electron chi connectivity index (χ4n) is 3.16. The van der Waals surface area contributed by atoms with Crippen LogP contribution in [0.25, 0.3) is 16.9 Å². The summed E-state index contributed by atoms with van der Waals surface area (Å²) in [6.07, 6.45) is -1.88. The van der Waals surface area contributed by atoms with Crippen LogP contribution >= 0.6 is 0 Å². The molecule has 0 aliphatic heterocycles. The van der Waals surface area contributed by atoms with Crippen molar-refractivity contribution < 1.29 is 22.9 Å². The molecule has 0 saturated heterocycles. The summed E-state index contributed by atoms with van der Waals surface area (Å²) in [5.41, 5.74) is -0.161. The monoisotopic (exact) mass is 441 g/mol. The molecule has 0 saturated carbocycles. The zero-order chi connectivity index (χ0) is 23.0. The van der Waals surface area contributed by atoms with Crippen LogP contribution in [0.5, 0.6) is 0 Å². The number of anilines is 1. The van der Waals surface area contributed by atoms with Crippen molar-refractivity contribution in [2.45, 2.75) is 13.3 Å². The normalized spacial score (nSPS) is 11.2. The summed E-state index contributed by atoms with van der Waals surface area (Å²) >= 11 is 0. The van der Waals surface area contributed by atoms with Crippen LogP contribution in [0.3, 0.4) is 0 Å². The Morgan fingerprint density at radius 2 is 1.88 bits per heavy atom. The number of nitro benzene ring substituents is 1. The first-order valence-corrected chi connectivity index (χ1v) is 9.24. The number of hydrogen-bond acceptors (Lipinski definition) is 5.